The zero-order valence-corrected chi connectivity index (χ0v) is 29.5. The summed E-state index contributed by atoms with van der Waals surface area (Å²) in [5.74, 6) is -3.68. The minimum Gasteiger partial charge on any atom is -0.480 e. The molecule has 4 amide bonds. The lowest BCUT2D eigenvalue weighted by Crippen LogP contribution is -2.58. The third kappa shape index (κ3) is 13.2. The van der Waals surface area contributed by atoms with Crippen LogP contribution in [0.25, 0.3) is 0 Å². The summed E-state index contributed by atoms with van der Waals surface area (Å²) in [6.45, 7) is 9.01. The smallest absolute Gasteiger partial charge is 0.408 e. The summed E-state index contributed by atoms with van der Waals surface area (Å²) in [6, 6.07) is 13.6. The van der Waals surface area contributed by atoms with E-state index in [1.165, 1.54) is 4.90 Å². The van der Waals surface area contributed by atoms with Crippen molar-refractivity contribution in [2.75, 3.05) is 6.54 Å². The molecule has 0 aliphatic carbocycles. The van der Waals surface area contributed by atoms with Crippen molar-refractivity contribution >= 4 is 35.8 Å². The SMILES string of the molecule is CC(C)C[C@H](NC(=O)[C@H](CCC(=O)OCc1ccccc1)NC(=O)OC(C)(C)C)C(=O)N[C@H](Cc1ccccc1)C(=O)N1CCC[C@H]1C(=O)O. The van der Waals surface area contributed by atoms with Crippen LogP contribution in [0.1, 0.15) is 77.8 Å². The maximum absolute atomic E-state index is 13.9. The molecule has 1 aliphatic heterocycles. The Kier molecular flexibility index (Phi) is 14.8. The third-order valence-electron chi connectivity index (χ3n) is 7.95. The lowest BCUT2D eigenvalue weighted by atomic mass is 10.00. The van der Waals surface area contributed by atoms with Gasteiger partial charge in [-0.05, 0) is 63.5 Å². The van der Waals surface area contributed by atoms with Gasteiger partial charge in [-0.1, -0.05) is 74.5 Å². The van der Waals surface area contributed by atoms with Crippen molar-refractivity contribution in [1.82, 2.24) is 20.9 Å². The normalized spacial score (nSPS) is 16.1. The number of carboxylic acids is 1. The van der Waals surface area contributed by atoms with E-state index in [0.717, 1.165) is 11.1 Å². The van der Waals surface area contributed by atoms with E-state index in [2.05, 4.69) is 16.0 Å². The first-order chi connectivity index (χ1) is 23.6. The van der Waals surface area contributed by atoms with Crippen molar-refractivity contribution in [1.29, 1.82) is 0 Å². The number of amides is 4. The molecule has 1 saturated heterocycles. The second-order valence-corrected chi connectivity index (χ2v) is 13.9. The van der Waals surface area contributed by atoms with Crippen molar-refractivity contribution in [2.24, 2.45) is 5.92 Å². The molecule has 272 valence electrons. The van der Waals surface area contributed by atoms with Crippen molar-refractivity contribution in [2.45, 2.75) is 110 Å². The lowest BCUT2D eigenvalue weighted by Gasteiger charge is -2.30. The Morgan fingerprint density at radius 1 is 0.840 bits per heavy atom. The highest BCUT2D eigenvalue weighted by Gasteiger charge is 2.39. The zero-order valence-electron chi connectivity index (χ0n) is 29.5. The Labute approximate surface area is 293 Å². The molecule has 2 aromatic carbocycles. The van der Waals surface area contributed by atoms with Crippen molar-refractivity contribution in [3.8, 4) is 0 Å². The first kappa shape index (κ1) is 39.5. The molecule has 4 N–H and O–H groups in total. The van der Waals surface area contributed by atoms with Crippen LogP contribution in [0, 0.1) is 5.92 Å². The number of esters is 1. The van der Waals surface area contributed by atoms with E-state index in [9.17, 15) is 33.9 Å². The molecule has 0 unspecified atom stereocenters. The molecule has 1 heterocycles. The predicted octanol–water partition coefficient (Wildman–Crippen LogP) is 3.74. The summed E-state index contributed by atoms with van der Waals surface area (Å²) in [6.07, 6.45) is -0.121. The Bertz CT molecular complexity index is 1460. The van der Waals surface area contributed by atoms with Gasteiger partial charge in [-0.25, -0.2) is 9.59 Å². The van der Waals surface area contributed by atoms with E-state index in [1.54, 1.807) is 57.2 Å². The van der Waals surface area contributed by atoms with Crippen molar-refractivity contribution in [3.05, 3.63) is 71.8 Å². The van der Waals surface area contributed by atoms with Crippen LogP contribution >= 0.6 is 0 Å². The fourth-order valence-corrected chi connectivity index (χ4v) is 5.58. The van der Waals surface area contributed by atoms with Crippen LogP contribution in [0.4, 0.5) is 4.79 Å². The number of ether oxygens (including phenoxy) is 2. The average molecular weight is 695 g/mol. The van der Waals surface area contributed by atoms with Gasteiger partial charge in [-0.15, -0.1) is 0 Å². The lowest BCUT2D eigenvalue weighted by molar-refractivity contribution is -0.149. The third-order valence-corrected chi connectivity index (χ3v) is 7.95. The average Bonchev–Trinajstić information content (AvgIpc) is 3.55. The topological polar surface area (TPSA) is 180 Å². The fourth-order valence-electron chi connectivity index (χ4n) is 5.58. The van der Waals surface area contributed by atoms with Crippen LogP contribution in [0.2, 0.25) is 0 Å². The number of rotatable bonds is 16. The van der Waals surface area contributed by atoms with E-state index in [0.29, 0.717) is 12.8 Å². The predicted molar refractivity (Wildman–Crippen MR) is 184 cm³/mol. The number of nitrogens with zero attached hydrogens (tertiary/aromatic N) is 1. The molecule has 4 atom stereocenters. The summed E-state index contributed by atoms with van der Waals surface area (Å²) in [7, 11) is 0. The number of carboxylic acid groups (broad SMARTS) is 1. The van der Waals surface area contributed by atoms with Gasteiger partial charge in [-0.3, -0.25) is 19.2 Å². The summed E-state index contributed by atoms with van der Waals surface area (Å²) >= 11 is 0. The molecule has 0 bridgehead atoms. The number of carbonyl (C=O) groups excluding carboxylic acids is 5. The summed E-state index contributed by atoms with van der Waals surface area (Å²) in [5, 5.41) is 17.7. The first-order valence-corrected chi connectivity index (χ1v) is 17.0. The van der Waals surface area contributed by atoms with E-state index in [-0.39, 0.29) is 44.8 Å². The van der Waals surface area contributed by atoms with E-state index in [4.69, 9.17) is 9.47 Å². The highest BCUT2D eigenvalue weighted by atomic mass is 16.6. The molecule has 0 saturated carbocycles. The van der Waals surface area contributed by atoms with Crippen LogP contribution in [0.15, 0.2) is 60.7 Å². The molecule has 3 rings (SSSR count). The fraction of sp³-hybridized carbons (Fsp3) is 0.514. The van der Waals surface area contributed by atoms with Gasteiger partial charge in [0.25, 0.3) is 0 Å². The zero-order chi connectivity index (χ0) is 36.8. The largest absolute Gasteiger partial charge is 0.480 e. The molecule has 13 heteroatoms. The Balaban J connectivity index is 1.78. The van der Waals surface area contributed by atoms with Gasteiger partial charge < -0.3 is 35.4 Å². The van der Waals surface area contributed by atoms with Gasteiger partial charge in [-0.2, -0.15) is 0 Å². The molecule has 0 radical (unpaired) electrons. The highest BCUT2D eigenvalue weighted by Crippen LogP contribution is 2.20. The van der Waals surface area contributed by atoms with Crippen molar-refractivity contribution in [3.63, 3.8) is 0 Å². The van der Waals surface area contributed by atoms with Gasteiger partial charge in [0, 0.05) is 19.4 Å². The van der Waals surface area contributed by atoms with Gasteiger partial charge in [0.1, 0.15) is 36.4 Å². The maximum atomic E-state index is 13.9. The van der Waals surface area contributed by atoms with Crippen LogP contribution in [-0.2, 0) is 46.5 Å². The van der Waals surface area contributed by atoms with Gasteiger partial charge in [0.05, 0.1) is 0 Å². The standard InChI is InChI=1S/C37H50N4O9/c1-24(2)21-28(33(44)39-29(22-25-13-8-6-9-14-25)34(45)41-20-12-17-30(41)35(46)47)38-32(43)27(40-36(48)50-37(3,4)5)18-19-31(42)49-23-26-15-10-7-11-16-26/h6-11,13-16,24,27-30H,12,17-23H2,1-5H3,(H,38,43)(H,39,44)(H,40,48)(H,46,47)/t27-,28-,29+,30-/m0/s1. The summed E-state index contributed by atoms with van der Waals surface area (Å²) < 4.78 is 10.7. The Morgan fingerprint density at radius 3 is 2.00 bits per heavy atom. The maximum Gasteiger partial charge on any atom is 0.408 e. The minimum atomic E-state index is -1.26. The molecule has 50 heavy (non-hydrogen) atoms. The number of likely N-dealkylation sites (tertiary alicyclic amines) is 1. The molecule has 1 aliphatic rings. The van der Waals surface area contributed by atoms with Gasteiger partial charge >= 0.3 is 18.0 Å². The van der Waals surface area contributed by atoms with E-state index in [1.807, 2.05) is 38.1 Å². The summed E-state index contributed by atoms with van der Waals surface area (Å²) in [4.78, 5) is 79.9. The molecular weight excluding hydrogens is 644 g/mol. The molecule has 2 aromatic rings. The van der Waals surface area contributed by atoms with Gasteiger partial charge in [0.2, 0.25) is 17.7 Å². The number of nitrogens with one attached hydrogen (secondary N) is 3. The van der Waals surface area contributed by atoms with Crippen molar-refractivity contribution < 1.29 is 43.3 Å². The number of aliphatic carboxylic acids is 1. The number of carbonyl (C=O) groups is 6. The summed E-state index contributed by atoms with van der Waals surface area (Å²) in [5.41, 5.74) is 0.675. The number of benzene rings is 2. The van der Waals surface area contributed by atoms with Gasteiger partial charge in [0.15, 0.2) is 0 Å². The van der Waals surface area contributed by atoms with Crippen LogP contribution in [0.5, 0.6) is 0 Å². The van der Waals surface area contributed by atoms with E-state index >= 15 is 0 Å². The van der Waals surface area contributed by atoms with Crippen LogP contribution < -0.4 is 16.0 Å². The molecule has 0 spiro atoms. The first-order valence-electron chi connectivity index (χ1n) is 17.0. The quantitative estimate of drug-likeness (QED) is 0.191. The number of hydrogen-bond acceptors (Lipinski definition) is 8. The highest BCUT2D eigenvalue weighted by molar-refractivity contribution is 5.95. The monoisotopic (exact) mass is 694 g/mol. The Hall–Kier alpha value is -4.94. The minimum absolute atomic E-state index is 0.0418. The Morgan fingerprint density at radius 2 is 1.42 bits per heavy atom. The molecular formula is C37H50N4O9. The van der Waals surface area contributed by atoms with Crippen LogP contribution in [-0.4, -0.2) is 82.1 Å². The number of alkyl carbamates (subject to hydrolysis) is 1. The second-order valence-electron chi connectivity index (χ2n) is 13.9. The molecule has 1 fully saturated rings. The molecule has 0 aromatic heterocycles. The number of hydrogen-bond donors (Lipinski definition) is 4. The second kappa shape index (κ2) is 18.7. The molecule has 13 nitrogen and oxygen atoms in total. The van der Waals surface area contributed by atoms with E-state index < -0.39 is 65.5 Å². The van der Waals surface area contributed by atoms with Crippen LogP contribution in [0.3, 0.4) is 0 Å².